The number of amides is 1. The number of aryl methyl sites for hydroxylation is 2. The zero-order valence-electron chi connectivity index (χ0n) is 11.9. The van der Waals surface area contributed by atoms with Crippen molar-refractivity contribution < 1.29 is 4.79 Å². The highest BCUT2D eigenvalue weighted by Gasteiger charge is 2.19. The molecule has 4 nitrogen and oxygen atoms in total. The van der Waals surface area contributed by atoms with E-state index in [4.69, 9.17) is 11.6 Å². The van der Waals surface area contributed by atoms with E-state index in [9.17, 15) is 4.79 Å². The van der Waals surface area contributed by atoms with E-state index in [1.165, 1.54) is 5.56 Å². The molecule has 0 spiro atoms. The molecule has 0 aliphatic rings. The largest absolute Gasteiger partial charge is 0.352 e. The third-order valence-electron chi connectivity index (χ3n) is 3.08. The maximum Gasteiger partial charge on any atom is 0.256 e. The summed E-state index contributed by atoms with van der Waals surface area (Å²) in [5.41, 5.74) is 3.41. The maximum atomic E-state index is 11.9. The highest BCUT2D eigenvalue weighted by atomic mass is 35.5. The van der Waals surface area contributed by atoms with Crippen molar-refractivity contribution in [2.75, 3.05) is 6.54 Å². The number of benzene rings is 1. The van der Waals surface area contributed by atoms with Gasteiger partial charge in [0.25, 0.3) is 5.91 Å². The number of carbonyl (C=O) groups is 1. The van der Waals surface area contributed by atoms with Crippen molar-refractivity contribution in [1.29, 1.82) is 0 Å². The molecule has 2 aromatic rings. The van der Waals surface area contributed by atoms with Crippen LogP contribution in [0.25, 0.3) is 0 Å². The molecule has 1 N–H and O–H groups in total. The Bertz CT molecular complexity index is 617. The van der Waals surface area contributed by atoms with Gasteiger partial charge in [-0.05, 0) is 26.3 Å². The second kappa shape index (κ2) is 6.09. The molecule has 106 valence electrons. The minimum Gasteiger partial charge on any atom is -0.352 e. The van der Waals surface area contributed by atoms with Gasteiger partial charge in [0.1, 0.15) is 5.15 Å². The number of hydrogen-bond donors (Lipinski definition) is 1. The molecule has 0 fully saturated rings. The molecule has 2 rings (SSSR count). The van der Waals surface area contributed by atoms with Crippen LogP contribution in [0, 0.1) is 13.8 Å². The Morgan fingerprint density at radius 2 is 1.95 bits per heavy atom. The molecule has 0 aliphatic heterocycles. The maximum absolute atomic E-state index is 11.9. The number of hydrogen-bond acceptors (Lipinski definition) is 2. The van der Waals surface area contributed by atoms with Gasteiger partial charge in [0, 0.05) is 6.54 Å². The van der Waals surface area contributed by atoms with Gasteiger partial charge < -0.3 is 5.32 Å². The van der Waals surface area contributed by atoms with Crippen molar-refractivity contribution in [2.24, 2.45) is 0 Å². The van der Waals surface area contributed by atoms with Gasteiger partial charge in [0.05, 0.1) is 17.8 Å². The Labute approximate surface area is 123 Å². The first-order chi connectivity index (χ1) is 9.52. The lowest BCUT2D eigenvalue weighted by molar-refractivity contribution is 0.0955. The second-order valence-electron chi connectivity index (χ2n) is 4.75. The van der Waals surface area contributed by atoms with Crippen molar-refractivity contribution in [2.45, 2.75) is 27.3 Å². The summed E-state index contributed by atoms with van der Waals surface area (Å²) in [7, 11) is 0. The minimum atomic E-state index is -0.176. The lowest BCUT2D eigenvalue weighted by Gasteiger charge is -2.05. The van der Waals surface area contributed by atoms with E-state index in [1.807, 2.05) is 38.1 Å². The first-order valence-corrected chi connectivity index (χ1v) is 6.97. The molecule has 0 atom stereocenters. The zero-order chi connectivity index (χ0) is 14.7. The average molecular weight is 292 g/mol. The van der Waals surface area contributed by atoms with E-state index < -0.39 is 0 Å². The van der Waals surface area contributed by atoms with Crippen molar-refractivity contribution in [3.05, 3.63) is 51.8 Å². The molecule has 0 aliphatic carbocycles. The molecule has 1 heterocycles. The number of rotatable bonds is 4. The summed E-state index contributed by atoms with van der Waals surface area (Å²) in [6.07, 6.45) is 0. The predicted octanol–water partition coefficient (Wildman–Crippen LogP) is 2.95. The summed E-state index contributed by atoms with van der Waals surface area (Å²) < 4.78 is 1.66. The summed E-state index contributed by atoms with van der Waals surface area (Å²) in [5, 5.41) is 7.49. The predicted molar refractivity (Wildman–Crippen MR) is 80.3 cm³/mol. The van der Waals surface area contributed by atoms with Gasteiger partial charge in [-0.15, -0.1) is 0 Å². The number of aromatic nitrogens is 2. The minimum absolute atomic E-state index is 0.176. The van der Waals surface area contributed by atoms with Crippen LogP contribution in [0.5, 0.6) is 0 Å². The molecule has 20 heavy (non-hydrogen) atoms. The fourth-order valence-electron chi connectivity index (χ4n) is 2.03. The topological polar surface area (TPSA) is 46.9 Å². The molecule has 0 unspecified atom stereocenters. The summed E-state index contributed by atoms with van der Waals surface area (Å²) >= 11 is 6.28. The molecule has 0 radical (unpaired) electrons. The molecule has 5 heteroatoms. The smallest absolute Gasteiger partial charge is 0.256 e. The molecule has 0 saturated carbocycles. The summed E-state index contributed by atoms with van der Waals surface area (Å²) in [4.78, 5) is 11.9. The van der Waals surface area contributed by atoms with E-state index in [-0.39, 0.29) is 5.91 Å². The Morgan fingerprint density at radius 3 is 2.55 bits per heavy atom. The molecule has 1 amide bonds. The van der Waals surface area contributed by atoms with Crippen LogP contribution in [0.15, 0.2) is 24.3 Å². The van der Waals surface area contributed by atoms with Gasteiger partial charge in [0.2, 0.25) is 0 Å². The highest BCUT2D eigenvalue weighted by molar-refractivity contribution is 6.33. The average Bonchev–Trinajstić information content (AvgIpc) is 2.67. The molecule has 0 bridgehead atoms. The fraction of sp³-hybridized carbons (Fsp3) is 0.333. The molecule has 1 aromatic heterocycles. The monoisotopic (exact) mass is 291 g/mol. The zero-order valence-corrected chi connectivity index (χ0v) is 12.7. The van der Waals surface area contributed by atoms with Crippen molar-refractivity contribution >= 4 is 17.5 Å². The van der Waals surface area contributed by atoms with E-state index in [0.29, 0.717) is 29.5 Å². The van der Waals surface area contributed by atoms with Gasteiger partial charge in [-0.1, -0.05) is 41.4 Å². The lowest BCUT2D eigenvalue weighted by atomic mass is 10.1. The molecule has 0 saturated heterocycles. The van der Waals surface area contributed by atoms with Crippen molar-refractivity contribution in [3.8, 4) is 0 Å². The lowest BCUT2D eigenvalue weighted by Crippen LogP contribution is -2.23. The van der Waals surface area contributed by atoms with Crippen LogP contribution in [-0.4, -0.2) is 22.2 Å². The van der Waals surface area contributed by atoms with E-state index in [2.05, 4.69) is 10.4 Å². The van der Waals surface area contributed by atoms with Crippen LogP contribution >= 0.6 is 11.6 Å². The fourth-order valence-corrected chi connectivity index (χ4v) is 2.35. The standard InChI is InChI=1S/C15H18ClN3O/c1-4-17-15(20)13-11(3)18-19(14(13)16)9-12-7-5-10(2)6-8-12/h5-8H,4,9H2,1-3H3,(H,17,20). The number of halogens is 1. The normalized spacial score (nSPS) is 10.6. The van der Waals surface area contributed by atoms with E-state index in [1.54, 1.807) is 11.6 Å². The summed E-state index contributed by atoms with van der Waals surface area (Å²) in [5.74, 6) is -0.176. The molecular weight excluding hydrogens is 274 g/mol. The van der Waals surface area contributed by atoms with Crippen LogP contribution < -0.4 is 5.32 Å². The third-order valence-corrected chi connectivity index (χ3v) is 3.47. The Hall–Kier alpha value is -1.81. The molecule has 1 aromatic carbocycles. The quantitative estimate of drug-likeness (QED) is 0.941. The number of nitrogens with zero attached hydrogens (tertiary/aromatic N) is 2. The van der Waals surface area contributed by atoms with Crippen LogP contribution in [0.3, 0.4) is 0 Å². The first-order valence-electron chi connectivity index (χ1n) is 6.59. The Balaban J connectivity index is 2.27. The van der Waals surface area contributed by atoms with Crippen LogP contribution in [0.2, 0.25) is 5.15 Å². The van der Waals surface area contributed by atoms with Gasteiger partial charge in [-0.2, -0.15) is 5.10 Å². The SMILES string of the molecule is CCNC(=O)c1c(C)nn(Cc2ccc(C)cc2)c1Cl. The van der Waals surface area contributed by atoms with Gasteiger partial charge >= 0.3 is 0 Å². The molecular formula is C15H18ClN3O. The van der Waals surface area contributed by atoms with Crippen molar-refractivity contribution in [3.63, 3.8) is 0 Å². The number of nitrogens with one attached hydrogen (secondary N) is 1. The number of carbonyl (C=O) groups excluding carboxylic acids is 1. The Morgan fingerprint density at radius 1 is 1.30 bits per heavy atom. The Kier molecular flexibility index (Phi) is 4.45. The summed E-state index contributed by atoms with van der Waals surface area (Å²) in [6, 6.07) is 8.16. The highest BCUT2D eigenvalue weighted by Crippen LogP contribution is 2.21. The first kappa shape index (κ1) is 14.6. The van der Waals surface area contributed by atoms with E-state index in [0.717, 1.165) is 5.56 Å². The van der Waals surface area contributed by atoms with Crippen LogP contribution in [0.1, 0.15) is 34.1 Å². The van der Waals surface area contributed by atoms with Crippen molar-refractivity contribution in [1.82, 2.24) is 15.1 Å². The second-order valence-corrected chi connectivity index (χ2v) is 5.11. The third kappa shape index (κ3) is 3.02. The van der Waals surface area contributed by atoms with Crippen LogP contribution in [-0.2, 0) is 6.54 Å². The van der Waals surface area contributed by atoms with Gasteiger partial charge in [-0.25, -0.2) is 4.68 Å². The van der Waals surface area contributed by atoms with Gasteiger partial charge in [-0.3, -0.25) is 4.79 Å². The summed E-state index contributed by atoms with van der Waals surface area (Å²) in [6.45, 7) is 6.83. The van der Waals surface area contributed by atoms with E-state index >= 15 is 0 Å². The van der Waals surface area contributed by atoms with Gasteiger partial charge in [0.15, 0.2) is 0 Å². The van der Waals surface area contributed by atoms with Crippen LogP contribution in [0.4, 0.5) is 0 Å².